The van der Waals surface area contributed by atoms with Gasteiger partial charge in [0, 0.05) is 17.0 Å². The van der Waals surface area contributed by atoms with Crippen molar-refractivity contribution in [3.8, 4) is 0 Å². The number of aliphatic hydroxyl groups is 1. The highest BCUT2D eigenvalue weighted by Crippen LogP contribution is 2.22. The standard InChI is InChI=1S/C14H24N2O2S/c1-9(2)11(4)16-14(18)15-10(3)8-12(17)13-6-5-7-19-13/h5-7,9-12,17H,8H2,1-4H3,(H2,15,16,18)/t10-,11-,12-/m1/s1. The lowest BCUT2D eigenvalue weighted by Gasteiger charge is -2.21. The number of carbonyl (C=O) groups excluding carboxylic acids is 1. The number of rotatable bonds is 6. The molecule has 0 aliphatic rings. The third-order valence-electron chi connectivity index (χ3n) is 3.18. The second-order valence-electron chi connectivity index (χ2n) is 5.32. The van der Waals surface area contributed by atoms with Crippen molar-refractivity contribution in [3.63, 3.8) is 0 Å². The predicted octanol–water partition coefficient (Wildman–Crippen LogP) is 2.90. The van der Waals surface area contributed by atoms with Crippen molar-refractivity contribution >= 4 is 17.4 Å². The van der Waals surface area contributed by atoms with Crippen LogP contribution in [0.15, 0.2) is 17.5 Å². The number of hydrogen-bond acceptors (Lipinski definition) is 3. The molecule has 0 bridgehead atoms. The van der Waals surface area contributed by atoms with Crippen LogP contribution in [0.3, 0.4) is 0 Å². The fraction of sp³-hybridized carbons (Fsp3) is 0.643. The van der Waals surface area contributed by atoms with E-state index in [0.29, 0.717) is 12.3 Å². The molecule has 0 unspecified atom stereocenters. The maximum Gasteiger partial charge on any atom is 0.315 e. The Morgan fingerprint density at radius 2 is 2.00 bits per heavy atom. The van der Waals surface area contributed by atoms with E-state index in [2.05, 4.69) is 24.5 Å². The van der Waals surface area contributed by atoms with Crippen molar-refractivity contribution in [2.24, 2.45) is 5.92 Å². The zero-order valence-electron chi connectivity index (χ0n) is 12.0. The van der Waals surface area contributed by atoms with Crippen LogP contribution < -0.4 is 10.6 Å². The summed E-state index contributed by atoms with van der Waals surface area (Å²) in [6.07, 6.45) is 0.00194. The normalized spacial score (nSPS) is 15.9. The van der Waals surface area contributed by atoms with Gasteiger partial charge in [0.2, 0.25) is 0 Å². The van der Waals surface area contributed by atoms with Crippen LogP contribution >= 0.6 is 11.3 Å². The van der Waals surface area contributed by atoms with Crippen LogP contribution in [-0.4, -0.2) is 23.2 Å². The highest BCUT2D eigenvalue weighted by Gasteiger charge is 2.16. The van der Waals surface area contributed by atoms with Gasteiger partial charge in [-0.15, -0.1) is 11.3 Å². The van der Waals surface area contributed by atoms with Crippen molar-refractivity contribution in [1.29, 1.82) is 0 Å². The van der Waals surface area contributed by atoms with Gasteiger partial charge in [0.1, 0.15) is 0 Å². The van der Waals surface area contributed by atoms with E-state index >= 15 is 0 Å². The summed E-state index contributed by atoms with van der Waals surface area (Å²) in [5.41, 5.74) is 0. The minimum absolute atomic E-state index is 0.0727. The summed E-state index contributed by atoms with van der Waals surface area (Å²) >= 11 is 1.53. The Labute approximate surface area is 119 Å². The third-order valence-corrected chi connectivity index (χ3v) is 4.16. The lowest BCUT2D eigenvalue weighted by atomic mass is 10.1. The minimum Gasteiger partial charge on any atom is -0.387 e. The first-order chi connectivity index (χ1) is 8.90. The van der Waals surface area contributed by atoms with Gasteiger partial charge in [0.25, 0.3) is 0 Å². The highest BCUT2D eigenvalue weighted by atomic mass is 32.1. The Morgan fingerprint density at radius 3 is 2.53 bits per heavy atom. The molecular formula is C14H24N2O2S. The molecule has 3 N–H and O–H groups in total. The SMILES string of the molecule is CC(C)[C@@H](C)NC(=O)N[C@H](C)C[C@@H](O)c1cccs1. The number of carbonyl (C=O) groups is 1. The van der Waals surface area contributed by atoms with Crippen LogP contribution in [0.25, 0.3) is 0 Å². The van der Waals surface area contributed by atoms with Gasteiger partial charge >= 0.3 is 6.03 Å². The summed E-state index contributed by atoms with van der Waals surface area (Å²) in [7, 11) is 0. The molecule has 4 nitrogen and oxygen atoms in total. The van der Waals surface area contributed by atoms with Crippen LogP contribution in [0.4, 0.5) is 4.79 Å². The largest absolute Gasteiger partial charge is 0.387 e. The summed E-state index contributed by atoms with van der Waals surface area (Å²) in [6, 6.07) is 3.71. The smallest absolute Gasteiger partial charge is 0.315 e. The molecule has 0 aromatic carbocycles. The minimum atomic E-state index is -0.516. The lowest BCUT2D eigenvalue weighted by Crippen LogP contribution is -2.46. The Hall–Kier alpha value is -1.07. The maximum absolute atomic E-state index is 11.7. The molecule has 0 saturated heterocycles. The lowest BCUT2D eigenvalue weighted by molar-refractivity contribution is 0.157. The Kier molecular flexibility index (Phi) is 6.31. The summed E-state index contributed by atoms with van der Waals surface area (Å²) in [5, 5.41) is 17.7. The van der Waals surface area contributed by atoms with Crippen LogP contribution in [0.1, 0.15) is 45.1 Å². The molecule has 19 heavy (non-hydrogen) atoms. The van der Waals surface area contributed by atoms with E-state index in [1.807, 2.05) is 31.4 Å². The molecule has 0 saturated carbocycles. The molecule has 1 heterocycles. The average molecular weight is 284 g/mol. The van der Waals surface area contributed by atoms with E-state index in [0.717, 1.165) is 4.88 Å². The Bertz CT molecular complexity index is 379. The van der Waals surface area contributed by atoms with E-state index in [1.54, 1.807) is 0 Å². The van der Waals surface area contributed by atoms with Crippen LogP contribution in [0, 0.1) is 5.92 Å². The van der Waals surface area contributed by atoms with E-state index in [4.69, 9.17) is 0 Å². The monoisotopic (exact) mass is 284 g/mol. The predicted molar refractivity (Wildman–Crippen MR) is 79.3 cm³/mol. The molecule has 0 spiro atoms. The fourth-order valence-electron chi connectivity index (χ4n) is 1.63. The molecule has 1 aromatic rings. The molecule has 0 aliphatic carbocycles. The molecule has 0 aliphatic heterocycles. The van der Waals surface area contributed by atoms with Gasteiger partial charge < -0.3 is 15.7 Å². The summed E-state index contributed by atoms with van der Waals surface area (Å²) < 4.78 is 0. The van der Waals surface area contributed by atoms with Gasteiger partial charge in [-0.25, -0.2) is 4.79 Å². The first kappa shape index (κ1) is 16.0. The third kappa shape index (κ3) is 5.61. The highest BCUT2D eigenvalue weighted by molar-refractivity contribution is 7.10. The van der Waals surface area contributed by atoms with Gasteiger partial charge in [-0.05, 0) is 37.6 Å². The van der Waals surface area contributed by atoms with Crippen molar-refractivity contribution in [2.75, 3.05) is 0 Å². The zero-order chi connectivity index (χ0) is 14.4. The fourth-order valence-corrected chi connectivity index (χ4v) is 2.35. The quantitative estimate of drug-likeness (QED) is 0.752. The second kappa shape index (κ2) is 7.50. The van der Waals surface area contributed by atoms with Crippen LogP contribution in [0.2, 0.25) is 0 Å². The van der Waals surface area contributed by atoms with Gasteiger partial charge in [-0.1, -0.05) is 19.9 Å². The number of aliphatic hydroxyl groups excluding tert-OH is 1. The van der Waals surface area contributed by atoms with E-state index in [9.17, 15) is 9.90 Å². The van der Waals surface area contributed by atoms with Crippen molar-refractivity contribution in [1.82, 2.24) is 10.6 Å². The second-order valence-corrected chi connectivity index (χ2v) is 6.30. The molecule has 1 rings (SSSR count). The van der Waals surface area contributed by atoms with Crippen molar-refractivity contribution in [2.45, 2.75) is 52.3 Å². The molecular weight excluding hydrogens is 260 g/mol. The molecule has 2 amide bonds. The molecule has 5 heteroatoms. The van der Waals surface area contributed by atoms with Crippen molar-refractivity contribution < 1.29 is 9.90 Å². The Morgan fingerprint density at radius 1 is 1.32 bits per heavy atom. The van der Waals surface area contributed by atoms with Crippen molar-refractivity contribution in [3.05, 3.63) is 22.4 Å². The van der Waals surface area contributed by atoms with E-state index < -0.39 is 6.10 Å². The number of thiophene rings is 1. The first-order valence-electron chi connectivity index (χ1n) is 6.68. The Balaban J connectivity index is 2.34. The van der Waals surface area contributed by atoms with Crippen LogP contribution in [0.5, 0.6) is 0 Å². The topological polar surface area (TPSA) is 61.4 Å². The van der Waals surface area contributed by atoms with Crippen LogP contribution in [-0.2, 0) is 0 Å². The summed E-state index contributed by atoms with van der Waals surface area (Å²) in [5.74, 6) is 0.401. The van der Waals surface area contributed by atoms with E-state index in [-0.39, 0.29) is 18.1 Å². The zero-order valence-corrected chi connectivity index (χ0v) is 12.8. The molecule has 0 fully saturated rings. The maximum atomic E-state index is 11.7. The van der Waals surface area contributed by atoms with Gasteiger partial charge in [-0.2, -0.15) is 0 Å². The number of hydrogen-bond donors (Lipinski definition) is 3. The summed E-state index contributed by atoms with van der Waals surface area (Å²) in [6.45, 7) is 8.01. The number of amides is 2. The van der Waals surface area contributed by atoms with Gasteiger partial charge in [-0.3, -0.25) is 0 Å². The number of urea groups is 1. The summed E-state index contributed by atoms with van der Waals surface area (Å²) in [4.78, 5) is 12.7. The molecule has 0 radical (unpaired) electrons. The average Bonchev–Trinajstić information content (AvgIpc) is 2.81. The van der Waals surface area contributed by atoms with Gasteiger partial charge in [0.05, 0.1) is 6.10 Å². The first-order valence-corrected chi connectivity index (χ1v) is 7.56. The molecule has 1 aromatic heterocycles. The molecule has 3 atom stereocenters. The number of nitrogens with one attached hydrogen (secondary N) is 2. The van der Waals surface area contributed by atoms with E-state index in [1.165, 1.54) is 11.3 Å². The molecule has 108 valence electrons. The van der Waals surface area contributed by atoms with Gasteiger partial charge in [0.15, 0.2) is 0 Å².